The molecule has 0 saturated carbocycles. The van der Waals surface area contributed by atoms with E-state index in [1.54, 1.807) is 24.3 Å². The summed E-state index contributed by atoms with van der Waals surface area (Å²) in [5.41, 5.74) is 3.59. The van der Waals surface area contributed by atoms with Gasteiger partial charge in [0.05, 0.1) is 4.90 Å². The van der Waals surface area contributed by atoms with Crippen molar-refractivity contribution in [3.63, 3.8) is 0 Å². The average molecular weight is 455 g/mol. The van der Waals surface area contributed by atoms with E-state index in [9.17, 15) is 13.2 Å². The number of carbonyl (C=O) groups is 1. The fourth-order valence-electron chi connectivity index (χ4n) is 3.82. The molecule has 2 heterocycles. The molecule has 32 heavy (non-hydrogen) atoms. The van der Waals surface area contributed by atoms with E-state index in [1.807, 2.05) is 32.0 Å². The number of rotatable bonds is 7. The van der Waals surface area contributed by atoms with Crippen LogP contribution in [-0.2, 0) is 21.2 Å². The van der Waals surface area contributed by atoms with Crippen LogP contribution in [0, 0.1) is 13.8 Å². The van der Waals surface area contributed by atoms with E-state index < -0.39 is 10.0 Å². The summed E-state index contributed by atoms with van der Waals surface area (Å²) in [5.74, 6) is 0.579. The fourth-order valence-corrected chi connectivity index (χ4v) is 5.34. The Labute approximate surface area is 187 Å². The molecule has 1 aliphatic rings. The monoisotopic (exact) mass is 454 g/mol. The summed E-state index contributed by atoms with van der Waals surface area (Å²) in [5, 5.41) is 6.85. The number of hydrogen-bond acceptors (Lipinski definition) is 6. The summed E-state index contributed by atoms with van der Waals surface area (Å²) < 4.78 is 32.1. The Kier molecular flexibility index (Phi) is 6.38. The Morgan fingerprint density at radius 1 is 1.06 bits per heavy atom. The van der Waals surface area contributed by atoms with Crippen molar-refractivity contribution in [1.29, 1.82) is 0 Å². The predicted octanol–water partition coefficient (Wildman–Crippen LogP) is 3.71. The van der Waals surface area contributed by atoms with Crippen LogP contribution < -0.4 is 5.32 Å². The zero-order valence-corrected chi connectivity index (χ0v) is 19.0. The van der Waals surface area contributed by atoms with Gasteiger partial charge in [-0.05, 0) is 74.2 Å². The van der Waals surface area contributed by atoms with E-state index in [2.05, 4.69) is 15.5 Å². The highest BCUT2D eigenvalue weighted by molar-refractivity contribution is 7.89. The lowest BCUT2D eigenvalue weighted by atomic mass is 10.1. The van der Waals surface area contributed by atoms with Gasteiger partial charge in [-0.25, -0.2) is 8.42 Å². The second-order valence-electron chi connectivity index (χ2n) is 8.07. The van der Waals surface area contributed by atoms with Crippen LogP contribution in [0.25, 0.3) is 11.4 Å². The zero-order chi connectivity index (χ0) is 22.7. The lowest BCUT2D eigenvalue weighted by Gasteiger charge is -2.15. The van der Waals surface area contributed by atoms with Gasteiger partial charge in [-0.2, -0.15) is 9.29 Å². The van der Waals surface area contributed by atoms with Crippen molar-refractivity contribution in [2.75, 3.05) is 18.4 Å². The van der Waals surface area contributed by atoms with E-state index in [1.165, 1.54) is 4.31 Å². The molecular formula is C23H26N4O4S. The molecule has 0 aliphatic carbocycles. The van der Waals surface area contributed by atoms with Gasteiger partial charge >= 0.3 is 0 Å². The Hall–Kier alpha value is -3.04. The number of carbonyl (C=O) groups excluding carboxylic acids is 1. The van der Waals surface area contributed by atoms with Gasteiger partial charge in [-0.1, -0.05) is 11.2 Å². The summed E-state index contributed by atoms with van der Waals surface area (Å²) in [6.07, 6.45) is 2.31. The van der Waals surface area contributed by atoms with Gasteiger partial charge in [0.1, 0.15) is 0 Å². The third-order valence-electron chi connectivity index (χ3n) is 5.35. The van der Waals surface area contributed by atoms with Gasteiger partial charge < -0.3 is 9.84 Å². The number of anilines is 1. The molecule has 0 unspecified atom stereocenters. The van der Waals surface area contributed by atoms with Crippen molar-refractivity contribution < 1.29 is 17.7 Å². The van der Waals surface area contributed by atoms with Crippen LogP contribution in [0.3, 0.4) is 0 Å². The highest BCUT2D eigenvalue weighted by Crippen LogP contribution is 2.24. The second kappa shape index (κ2) is 9.22. The molecule has 1 aliphatic heterocycles. The van der Waals surface area contributed by atoms with Crippen LogP contribution in [0.4, 0.5) is 5.69 Å². The largest absolute Gasteiger partial charge is 0.339 e. The molecule has 1 N–H and O–H groups in total. The predicted molar refractivity (Wildman–Crippen MR) is 121 cm³/mol. The Morgan fingerprint density at radius 2 is 1.72 bits per heavy atom. The third-order valence-corrected chi connectivity index (χ3v) is 7.27. The van der Waals surface area contributed by atoms with Gasteiger partial charge in [-0.15, -0.1) is 0 Å². The molecule has 3 aromatic rings. The molecule has 168 valence electrons. The van der Waals surface area contributed by atoms with Gasteiger partial charge in [-0.3, -0.25) is 4.79 Å². The van der Waals surface area contributed by atoms with E-state index in [0.717, 1.165) is 29.7 Å². The SMILES string of the molecule is Cc1cc(C)cc(NC(=O)CCc2nc(-c3ccc(S(=O)(=O)N4CCCC4)cc3)no2)c1. The van der Waals surface area contributed by atoms with Gasteiger partial charge in [0.25, 0.3) is 0 Å². The van der Waals surface area contributed by atoms with Crippen LogP contribution in [0.2, 0.25) is 0 Å². The molecule has 1 aromatic heterocycles. The number of sulfonamides is 1. The topological polar surface area (TPSA) is 105 Å². The summed E-state index contributed by atoms with van der Waals surface area (Å²) in [6, 6.07) is 12.4. The first-order valence-electron chi connectivity index (χ1n) is 10.6. The summed E-state index contributed by atoms with van der Waals surface area (Å²) in [4.78, 5) is 16.9. The normalized spacial score (nSPS) is 14.6. The van der Waals surface area contributed by atoms with Gasteiger partial charge in [0.2, 0.25) is 27.6 Å². The lowest BCUT2D eigenvalue weighted by Crippen LogP contribution is -2.27. The average Bonchev–Trinajstić information content (AvgIpc) is 3.44. The Morgan fingerprint density at radius 3 is 2.38 bits per heavy atom. The molecule has 0 spiro atoms. The minimum atomic E-state index is -3.46. The van der Waals surface area contributed by atoms with Crippen molar-refractivity contribution >= 4 is 21.6 Å². The number of aryl methyl sites for hydroxylation is 3. The quantitative estimate of drug-likeness (QED) is 0.583. The standard InChI is InChI=1S/C23H26N4O4S/c1-16-13-17(2)15-19(14-16)24-21(28)9-10-22-25-23(26-31-22)18-5-7-20(8-6-18)32(29,30)27-11-3-4-12-27/h5-8,13-15H,3-4,9-12H2,1-2H3,(H,24,28). The van der Waals surface area contributed by atoms with Crippen molar-refractivity contribution in [2.24, 2.45) is 0 Å². The van der Waals surface area contributed by atoms with E-state index in [4.69, 9.17) is 4.52 Å². The minimum absolute atomic E-state index is 0.133. The van der Waals surface area contributed by atoms with Crippen LogP contribution in [0.1, 0.15) is 36.3 Å². The summed E-state index contributed by atoms with van der Waals surface area (Å²) in [6.45, 7) is 5.10. The first-order chi connectivity index (χ1) is 15.3. The maximum Gasteiger partial charge on any atom is 0.243 e. The van der Waals surface area contributed by atoms with Crippen molar-refractivity contribution in [2.45, 2.75) is 44.4 Å². The maximum atomic E-state index is 12.6. The molecule has 9 heteroatoms. The molecule has 4 rings (SSSR count). The molecule has 2 aromatic carbocycles. The van der Waals surface area contributed by atoms with Crippen molar-refractivity contribution in [3.05, 3.63) is 59.5 Å². The Bertz CT molecular complexity index is 1190. The first-order valence-corrected chi connectivity index (χ1v) is 12.1. The van der Waals surface area contributed by atoms with E-state index >= 15 is 0 Å². The molecular weight excluding hydrogens is 428 g/mol. The number of amides is 1. The van der Waals surface area contributed by atoms with Crippen LogP contribution >= 0.6 is 0 Å². The molecule has 0 radical (unpaired) electrons. The second-order valence-corrected chi connectivity index (χ2v) is 10.0. The molecule has 1 saturated heterocycles. The molecule has 1 fully saturated rings. The molecule has 1 amide bonds. The molecule has 0 bridgehead atoms. The number of nitrogens with one attached hydrogen (secondary N) is 1. The fraction of sp³-hybridized carbons (Fsp3) is 0.348. The number of hydrogen-bond donors (Lipinski definition) is 1. The molecule has 8 nitrogen and oxygen atoms in total. The van der Waals surface area contributed by atoms with Gasteiger partial charge in [0, 0.05) is 37.2 Å². The number of aromatic nitrogens is 2. The number of nitrogens with zero attached hydrogens (tertiary/aromatic N) is 3. The highest BCUT2D eigenvalue weighted by Gasteiger charge is 2.27. The lowest BCUT2D eigenvalue weighted by molar-refractivity contribution is -0.116. The third kappa shape index (κ3) is 5.05. The smallest absolute Gasteiger partial charge is 0.243 e. The summed E-state index contributed by atoms with van der Waals surface area (Å²) >= 11 is 0. The summed E-state index contributed by atoms with van der Waals surface area (Å²) in [7, 11) is -3.46. The maximum absolute atomic E-state index is 12.6. The van der Waals surface area contributed by atoms with Crippen LogP contribution in [0.15, 0.2) is 51.9 Å². The minimum Gasteiger partial charge on any atom is -0.339 e. The van der Waals surface area contributed by atoms with Crippen molar-refractivity contribution in [1.82, 2.24) is 14.4 Å². The van der Waals surface area contributed by atoms with Crippen LogP contribution in [-0.4, -0.2) is 41.9 Å². The van der Waals surface area contributed by atoms with Gasteiger partial charge in [0.15, 0.2) is 0 Å². The van der Waals surface area contributed by atoms with Crippen LogP contribution in [0.5, 0.6) is 0 Å². The first kappa shape index (κ1) is 22.2. The molecule has 0 atom stereocenters. The van der Waals surface area contributed by atoms with E-state index in [-0.39, 0.29) is 17.2 Å². The Balaban J connectivity index is 1.36. The van der Waals surface area contributed by atoms with Crippen molar-refractivity contribution in [3.8, 4) is 11.4 Å². The highest BCUT2D eigenvalue weighted by atomic mass is 32.2. The zero-order valence-electron chi connectivity index (χ0n) is 18.2. The number of benzene rings is 2. The van der Waals surface area contributed by atoms with E-state index in [0.29, 0.717) is 36.8 Å².